The second kappa shape index (κ2) is 3.87. The Morgan fingerprint density at radius 2 is 2.14 bits per heavy atom. The molecule has 0 aromatic rings. The third kappa shape index (κ3) is 2.07. The van der Waals surface area contributed by atoms with Crippen molar-refractivity contribution >= 4 is 5.97 Å². The molecule has 0 radical (unpaired) electrons. The number of methoxy groups -OCH3 is 1. The lowest BCUT2D eigenvalue weighted by atomic mass is 10.0. The van der Waals surface area contributed by atoms with Crippen molar-refractivity contribution < 1.29 is 9.53 Å². The zero-order chi connectivity index (χ0) is 10.1. The van der Waals surface area contributed by atoms with Gasteiger partial charge in [-0.15, -0.1) is 0 Å². The van der Waals surface area contributed by atoms with Crippen LogP contribution in [0.15, 0.2) is 0 Å². The molecule has 2 atom stereocenters. The highest BCUT2D eigenvalue weighted by molar-refractivity contribution is 5.74. The van der Waals surface area contributed by atoms with E-state index >= 15 is 0 Å². The molecule has 0 bridgehead atoms. The standard InChI is InChI=1S/C10H18N2O2/c1-12-5-8(10(13)14-2)9(6-12)11-7-3-4-7/h7-9,11H,3-6H2,1-2H3. The van der Waals surface area contributed by atoms with E-state index in [2.05, 4.69) is 10.2 Å². The van der Waals surface area contributed by atoms with Crippen molar-refractivity contribution in [3.63, 3.8) is 0 Å². The molecular weight excluding hydrogens is 180 g/mol. The van der Waals surface area contributed by atoms with Crippen LogP contribution >= 0.6 is 0 Å². The van der Waals surface area contributed by atoms with Crippen LogP contribution in [0, 0.1) is 5.92 Å². The van der Waals surface area contributed by atoms with Gasteiger partial charge in [0.1, 0.15) is 0 Å². The van der Waals surface area contributed by atoms with E-state index in [1.54, 1.807) is 0 Å². The molecule has 1 N–H and O–H groups in total. The number of nitrogens with zero attached hydrogens (tertiary/aromatic N) is 1. The van der Waals surface area contributed by atoms with Gasteiger partial charge in [-0.3, -0.25) is 4.79 Å². The Morgan fingerprint density at radius 1 is 1.43 bits per heavy atom. The first-order valence-corrected chi connectivity index (χ1v) is 5.23. The zero-order valence-corrected chi connectivity index (χ0v) is 8.82. The summed E-state index contributed by atoms with van der Waals surface area (Å²) in [5.41, 5.74) is 0. The van der Waals surface area contributed by atoms with Gasteiger partial charge in [-0.1, -0.05) is 0 Å². The highest BCUT2D eigenvalue weighted by Gasteiger charge is 2.39. The van der Waals surface area contributed by atoms with Gasteiger partial charge in [-0.25, -0.2) is 0 Å². The fourth-order valence-corrected chi connectivity index (χ4v) is 2.11. The predicted molar refractivity (Wildman–Crippen MR) is 52.9 cm³/mol. The van der Waals surface area contributed by atoms with Gasteiger partial charge in [0, 0.05) is 25.2 Å². The third-order valence-electron chi connectivity index (χ3n) is 3.03. The maximum Gasteiger partial charge on any atom is 0.311 e. The Hall–Kier alpha value is -0.610. The molecule has 0 amide bonds. The van der Waals surface area contributed by atoms with Crippen LogP contribution in [-0.2, 0) is 9.53 Å². The topological polar surface area (TPSA) is 41.6 Å². The Bertz CT molecular complexity index is 228. The van der Waals surface area contributed by atoms with Gasteiger partial charge in [0.2, 0.25) is 0 Å². The van der Waals surface area contributed by atoms with Crippen LogP contribution in [-0.4, -0.2) is 50.2 Å². The third-order valence-corrected chi connectivity index (χ3v) is 3.03. The van der Waals surface area contributed by atoms with E-state index in [1.807, 2.05) is 7.05 Å². The van der Waals surface area contributed by atoms with E-state index in [-0.39, 0.29) is 11.9 Å². The summed E-state index contributed by atoms with van der Waals surface area (Å²) in [5, 5.41) is 3.51. The highest BCUT2D eigenvalue weighted by Crippen LogP contribution is 2.24. The lowest BCUT2D eigenvalue weighted by Gasteiger charge is -2.17. The molecule has 1 aliphatic heterocycles. The van der Waals surface area contributed by atoms with Crippen molar-refractivity contribution in [1.29, 1.82) is 0 Å². The molecule has 80 valence electrons. The molecule has 1 saturated heterocycles. The summed E-state index contributed by atoms with van der Waals surface area (Å²) >= 11 is 0. The molecule has 2 rings (SSSR count). The number of carbonyl (C=O) groups excluding carboxylic acids is 1. The number of hydrogen-bond acceptors (Lipinski definition) is 4. The Kier molecular flexibility index (Phi) is 2.74. The highest BCUT2D eigenvalue weighted by atomic mass is 16.5. The van der Waals surface area contributed by atoms with Crippen molar-refractivity contribution in [3.8, 4) is 0 Å². The van der Waals surface area contributed by atoms with Crippen molar-refractivity contribution in [2.45, 2.75) is 24.9 Å². The summed E-state index contributed by atoms with van der Waals surface area (Å²) in [6, 6.07) is 0.943. The average Bonchev–Trinajstić information content (AvgIpc) is 2.89. The lowest BCUT2D eigenvalue weighted by Crippen LogP contribution is -2.41. The predicted octanol–water partition coefficient (Wildman–Crippen LogP) is -0.158. The van der Waals surface area contributed by atoms with E-state index in [9.17, 15) is 4.79 Å². The van der Waals surface area contributed by atoms with Gasteiger partial charge in [0.25, 0.3) is 0 Å². The van der Waals surface area contributed by atoms with Crippen molar-refractivity contribution in [1.82, 2.24) is 10.2 Å². The summed E-state index contributed by atoms with van der Waals surface area (Å²) in [7, 11) is 3.51. The van der Waals surface area contributed by atoms with Crippen LogP contribution in [0.2, 0.25) is 0 Å². The van der Waals surface area contributed by atoms with Crippen LogP contribution in [0.4, 0.5) is 0 Å². The van der Waals surface area contributed by atoms with Gasteiger partial charge in [0.15, 0.2) is 0 Å². The largest absolute Gasteiger partial charge is 0.469 e. The minimum atomic E-state index is -0.0764. The number of carbonyl (C=O) groups is 1. The van der Waals surface area contributed by atoms with Crippen LogP contribution in [0.3, 0.4) is 0 Å². The van der Waals surface area contributed by atoms with E-state index < -0.39 is 0 Å². The van der Waals surface area contributed by atoms with Gasteiger partial charge >= 0.3 is 5.97 Å². The molecule has 14 heavy (non-hydrogen) atoms. The molecule has 4 nitrogen and oxygen atoms in total. The number of ether oxygens (including phenoxy) is 1. The zero-order valence-electron chi connectivity index (χ0n) is 8.82. The van der Waals surface area contributed by atoms with E-state index in [1.165, 1.54) is 20.0 Å². The Balaban J connectivity index is 1.93. The first-order chi connectivity index (χ1) is 6.70. The number of esters is 1. The van der Waals surface area contributed by atoms with E-state index in [0.717, 1.165) is 13.1 Å². The van der Waals surface area contributed by atoms with Crippen molar-refractivity contribution in [2.75, 3.05) is 27.2 Å². The second-order valence-electron chi connectivity index (χ2n) is 4.40. The molecule has 4 heteroatoms. The molecular formula is C10H18N2O2. The fraction of sp³-hybridized carbons (Fsp3) is 0.900. The molecule has 0 spiro atoms. The molecule has 1 saturated carbocycles. The number of rotatable bonds is 3. The van der Waals surface area contributed by atoms with E-state index in [4.69, 9.17) is 4.74 Å². The monoisotopic (exact) mass is 198 g/mol. The minimum absolute atomic E-state index is 0.0191. The summed E-state index contributed by atoms with van der Waals surface area (Å²) < 4.78 is 4.81. The number of hydrogen-bond donors (Lipinski definition) is 1. The fourth-order valence-electron chi connectivity index (χ4n) is 2.11. The van der Waals surface area contributed by atoms with Crippen molar-refractivity contribution in [3.05, 3.63) is 0 Å². The summed E-state index contributed by atoms with van der Waals surface area (Å²) in [6.07, 6.45) is 2.52. The van der Waals surface area contributed by atoms with Crippen LogP contribution in [0.5, 0.6) is 0 Å². The first-order valence-electron chi connectivity index (χ1n) is 5.23. The SMILES string of the molecule is COC(=O)C1CN(C)CC1NC1CC1. The molecule has 2 unspecified atom stereocenters. The quantitative estimate of drug-likeness (QED) is 0.640. The normalized spacial score (nSPS) is 33.3. The molecule has 0 aromatic carbocycles. The van der Waals surface area contributed by atoms with E-state index in [0.29, 0.717) is 12.1 Å². The van der Waals surface area contributed by atoms with Gasteiger partial charge in [0.05, 0.1) is 13.0 Å². The molecule has 2 fully saturated rings. The van der Waals surface area contributed by atoms with Gasteiger partial charge in [-0.2, -0.15) is 0 Å². The summed E-state index contributed by atoms with van der Waals surface area (Å²) in [5.74, 6) is -0.0573. The molecule has 2 aliphatic rings. The van der Waals surface area contributed by atoms with Crippen molar-refractivity contribution in [2.24, 2.45) is 5.92 Å². The smallest absolute Gasteiger partial charge is 0.311 e. The molecule has 1 heterocycles. The number of likely N-dealkylation sites (tertiary alicyclic amines) is 1. The summed E-state index contributed by atoms with van der Waals surface area (Å²) in [6.45, 7) is 1.77. The van der Waals surface area contributed by atoms with Crippen LogP contribution in [0.25, 0.3) is 0 Å². The summed E-state index contributed by atoms with van der Waals surface area (Å²) in [4.78, 5) is 13.7. The van der Waals surface area contributed by atoms with Crippen LogP contribution in [0.1, 0.15) is 12.8 Å². The maximum absolute atomic E-state index is 11.5. The second-order valence-corrected chi connectivity index (χ2v) is 4.40. The first kappa shape index (κ1) is 9.93. The minimum Gasteiger partial charge on any atom is -0.469 e. The maximum atomic E-state index is 11.5. The van der Waals surface area contributed by atoms with Crippen LogP contribution < -0.4 is 5.32 Å². The lowest BCUT2D eigenvalue weighted by molar-refractivity contribution is -0.145. The van der Waals surface area contributed by atoms with Gasteiger partial charge < -0.3 is 15.0 Å². The molecule has 0 aromatic heterocycles. The number of likely N-dealkylation sites (N-methyl/N-ethyl adjacent to an activating group) is 1. The number of nitrogens with one attached hydrogen (secondary N) is 1. The average molecular weight is 198 g/mol. The molecule has 1 aliphatic carbocycles. The van der Waals surface area contributed by atoms with Gasteiger partial charge in [-0.05, 0) is 19.9 Å². The Morgan fingerprint density at radius 3 is 2.71 bits per heavy atom. The Labute approximate surface area is 84.6 Å².